The fourth-order valence-corrected chi connectivity index (χ4v) is 0.382. The van der Waals surface area contributed by atoms with E-state index in [1.165, 1.54) is 6.21 Å². The van der Waals surface area contributed by atoms with Gasteiger partial charge in [-0.3, -0.25) is 0 Å². The minimum atomic E-state index is -0.534. The topological polar surface area (TPSA) is 50.7 Å². The molecule has 0 aromatic rings. The lowest BCUT2D eigenvalue weighted by molar-refractivity contribution is 0.152. The quantitative estimate of drug-likeness (QED) is 0.494. The SMILES string of the molecule is CC=CC=NNC(=O)OCC. The lowest BCUT2D eigenvalue weighted by Crippen LogP contribution is -2.18. The molecule has 1 amide bonds. The normalized spacial score (nSPS) is 10.7. The molecule has 0 rings (SSSR count). The molecule has 0 saturated carbocycles. The van der Waals surface area contributed by atoms with Gasteiger partial charge in [0.1, 0.15) is 0 Å². The van der Waals surface area contributed by atoms with E-state index in [1.807, 2.05) is 6.92 Å². The standard InChI is InChI=1S/C7H12N2O2/c1-3-5-6-8-9-7(10)11-4-2/h3,5-6H,4H2,1-2H3,(H,9,10). The Bertz CT molecular complexity index is 164. The van der Waals surface area contributed by atoms with Crippen molar-refractivity contribution in [2.75, 3.05) is 6.61 Å². The molecule has 0 radical (unpaired) electrons. The van der Waals surface area contributed by atoms with Crippen LogP contribution in [0.3, 0.4) is 0 Å². The smallest absolute Gasteiger partial charge is 0.427 e. The molecule has 0 bridgehead atoms. The van der Waals surface area contributed by atoms with Gasteiger partial charge in [-0.15, -0.1) is 0 Å². The highest BCUT2D eigenvalue weighted by molar-refractivity contribution is 5.73. The maximum atomic E-state index is 10.5. The van der Waals surface area contributed by atoms with Gasteiger partial charge in [-0.05, 0) is 19.9 Å². The van der Waals surface area contributed by atoms with Crippen LogP contribution in [0.25, 0.3) is 0 Å². The maximum absolute atomic E-state index is 10.5. The largest absolute Gasteiger partial charge is 0.449 e. The number of nitrogens with zero attached hydrogens (tertiary/aromatic N) is 1. The predicted molar refractivity (Wildman–Crippen MR) is 43.5 cm³/mol. The van der Waals surface area contributed by atoms with Gasteiger partial charge in [-0.2, -0.15) is 5.10 Å². The molecule has 0 unspecified atom stereocenters. The van der Waals surface area contributed by atoms with Crippen LogP contribution in [0.2, 0.25) is 0 Å². The second kappa shape index (κ2) is 6.80. The summed E-state index contributed by atoms with van der Waals surface area (Å²) in [5, 5.41) is 3.54. The highest BCUT2D eigenvalue weighted by Crippen LogP contribution is 1.74. The van der Waals surface area contributed by atoms with Crippen molar-refractivity contribution in [1.82, 2.24) is 5.43 Å². The van der Waals surface area contributed by atoms with Crippen LogP contribution >= 0.6 is 0 Å². The van der Waals surface area contributed by atoms with E-state index in [4.69, 9.17) is 0 Å². The Hall–Kier alpha value is -1.32. The molecule has 4 heteroatoms. The van der Waals surface area contributed by atoms with Crippen molar-refractivity contribution in [3.8, 4) is 0 Å². The number of ether oxygens (including phenoxy) is 1. The average molecular weight is 156 g/mol. The first-order valence-corrected chi connectivity index (χ1v) is 3.38. The monoisotopic (exact) mass is 156 g/mol. The van der Waals surface area contributed by atoms with Gasteiger partial charge in [0, 0.05) is 6.21 Å². The molecule has 0 aliphatic rings. The van der Waals surface area contributed by atoms with Crippen molar-refractivity contribution in [2.24, 2.45) is 5.10 Å². The van der Waals surface area contributed by atoms with E-state index in [2.05, 4.69) is 15.3 Å². The lowest BCUT2D eigenvalue weighted by atomic mass is 10.6. The van der Waals surface area contributed by atoms with E-state index < -0.39 is 6.09 Å². The van der Waals surface area contributed by atoms with Crippen molar-refractivity contribution >= 4 is 12.3 Å². The molecule has 0 saturated heterocycles. The number of carbonyl (C=O) groups is 1. The molecule has 0 aliphatic carbocycles. The molecule has 0 aromatic heterocycles. The van der Waals surface area contributed by atoms with E-state index in [1.54, 1.807) is 19.1 Å². The maximum Gasteiger partial charge on any atom is 0.427 e. The number of carbonyl (C=O) groups excluding carboxylic acids is 1. The van der Waals surface area contributed by atoms with Gasteiger partial charge in [0.05, 0.1) is 6.61 Å². The molecule has 0 atom stereocenters. The summed E-state index contributed by atoms with van der Waals surface area (Å²) in [7, 11) is 0. The summed E-state index contributed by atoms with van der Waals surface area (Å²) in [6.45, 7) is 3.94. The van der Waals surface area contributed by atoms with Crippen molar-refractivity contribution in [1.29, 1.82) is 0 Å². The molecule has 0 heterocycles. The zero-order valence-corrected chi connectivity index (χ0v) is 6.70. The molecule has 0 aliphatic heterocycles. The van der Waals surface area contributed by atoms with E-state index in [0.717, 1.165) is 0 Å². The molecule has 1 N–H and O–H groups in total. The number of rotatable bonds is 3. The molecule has 0 aromatic carbocycles. The highest BCUT2D eigenvalue weighted by Gasteiger charge is 1.93. The number of allylic oxidation sites excluding steroid dienone is 2. The zero-order valence-electron chi connectivity index (χ0n) is 6.70. The van der Waals surface area contributed by atoms with Gasteiger partial charge in [-0.25, -0.2) is 10.2 Å². The van der Waals surface area contributed by atoms with Gasteiger partial charge in [0.25, 0.3) is 0 Å². The first-order chi connectivity index (χ1) is 5.31. The molecule has 4 nitrogen and oxygen atoms in total. The van der Waals surface area contributed by atoms with Crippen LogP contribution < -0.4 is 5.43 Å². The van der Waals surface area contributed by atoms with Gasteiger partial charge >= 0.3 is 6.09 Å². The summed E-state index contributed by atoms with van der Waals surface area (Å²) >= 11 is 0. The fourth-order valence-electron chi connectivity index (χ4n) is 0.382. The summed E-state index contributed by atoms with van der Waals surface area (Å²) < 4.78 is 4.53. The van der Waals surface area contributed by atoms with Gasteiger partial charge in [0.2, 0.25) is 0 Å². The van der Waals surface area contributed by atoms with E-state index in [0.29, 0.717) is 6.61 Å². The molecular weight excluding hydrogens is 144 g/mol. The predicted octanol–water partition coefficient (Wildman–Crippen LogP) is 1.29. The van der Waals surface area contributed by atoms with Gasteiger partial charge in [-0.1, -0.05) is 6.08 Å². The Balaban J connectivity index is 3.44. The van der Waals surface area contributed by atoms with Crippen LogP contribution in [0, 0.1) is 0 Å². The Morgan fingerprint density at radius 1 is 1.73 bits per heavy atom. The average Bonchev–Trinajstić information content (AvgIpc) is 1.99. The van der Waals surface area contributed by atoms with Crippen LogP contribution in [0.1, 0.15) is 13.8 Å². The van der Waals surface area contributed by atoms with Crippen LogP contribution in [-0.2, 0) is 4.74 Å². The molecule has 62 valence electrons. The second-order valence-electron chi connectivity index (χ2n) is 1.64. The Kier molecular flexibility index (Phi) is 5.98. The van der Waals surface area contributed by atoms with Crippen LogP contribution in [0.15, 0.2) is 17.3 Å². The third-order valence-corrected chi connectivity index (χ3v) is 0.784. The summed E-state index contributed by atoms with van der Waals surface area (Å²) in [5.74, 6) is 0. The van der Waals surface area contributed by atoms with Gasteiger partial charge in [0.15, 0.2) is 0 Å². The number of hydrogen-bond acceptors (Lipinski definition) is 3. The first-order valence-electron chi connectivity index (χ1n) is 3.38. The number of hydrogen-bond donors (Lipinski definition) is 1. The number of amides is 1. The third kappa shape index (κ3) is 6.57. The minimum absolute atomic E-state index is 0.352. The highest BCUT2D eigenvalue weighted by atomic mass is 16.5. The molecule has 11 heavy (non-hydrogen) atoms. The van der Waals surface area contributed by atoms with Crippen LogP contribution in [0.4, 0.5) is 4.79 Å². The van der Waals surface area contributed by atoms with Crippen molar-refractivity contribution < 1.29 is 9.53 Å². The lowest BCUT2D eigenvalue weighted by Gasteiger charge is -1.96. The second-order valence-corrected chi connectivity index (χ2v) is 1.64. The molecular formula is C7H12N2O2. The van der Waals surface area contributed by atoms with Crippen molar-refractivity contribution in [2.45, 2.75) is 13.8 Å². The third-order valence-electron chi connectivity index (χ3n) is 0.784. The summed E-state index contributed by atoms with van der Waals surface area (Å²) in [6.07, 6.45) is 4.44. The Labute approximate surface area is 65.9 Å². The van der Waals surface area contributed by atoms with E-state index >= 15 is 0 Å². The van der Waals surface area contributed by atoms with E-state index in [9.17, 15) is 4.79 Å². The number of hydrazone groups is 1. The first kappa shape index (κ1) is 9.68. The van der Waals surface area contributed by atoms with E-state index in [-0.39, 0.29) is 0 Å². The Morgan fingerprint density at radius 3 is 3.00 bits per heavy atom. The molecule has 0 spiro atoms. The van der Waals surface area contributed by atoms with Crippen LogP contribution in [0.5, 0.6) is 0 Å². The Morgan fingerprint density at radius 2 is 2.45 bits per heavy atom. The van der Waals surface area contributed by atoms with Crippen LogP contribution in [-0.4, -0.2) is 18.9 Å². The summed E-state index contributed by atoms with van der Waals surface area (Å²) in [6, 6.07) is 0. The van der Waals surface area contributed by atoms with Crippen molar-refractivity contribution in [3.05, 3.63) is 12.2 Å². The minimum Gasteiger partial charge on any atom is -0.449 e. The zero-order chi connectivity index (χ0) is 8.53. The molecule has 0 fully saturated rings. The van der Waals surface area contributed by atoms with Gasteiger partial charge < -0.3 is 4.74 Å². The fraction of sp³-hybridized carbons (Fsp3) is 0.429. The number of nitrogens with one attached hydrogen (secondary N) is 1. The summed E-state index contributed by atoms with van der Waals surface area (Å²) in [4.78, 5) is 10.5. The summed E-state index contributed by atoms with van der Waals surface area (Å²) in [5.41, 5.74) is 2.18. The van der Waals surface area contributed by atoms with Crippen molar-refractivity contribution in [3.63, 3.8) is 0 Å².